The molecule has 104 valence electrons. The van der Waals surface area contributed by atoms with E-state index < -0.39 is 12.7 Å². The number of benzene rings is 1. The Morgan fingerprint density at radius 3 is 2.58 bits per heavy atom. The number of alkyl halides is 3. The van der Waals surface area contributed by atoms with Gasteiger partial charge in [-0.25, -0.2) is 0 Å². The Hall–Kier alpha value is -1.07. The first-order valence-electron chi connectivity index (χ1n) is 5.95. The molecule has 0 N–H and O–H groups in total. The number of hydrogen-bond donors (Lipinski definition) is 0. The molecule has 0 amide bonds. The lowest BCUT2D eigenvalue weighted by atomic mass is 10.1. The van der Waals surface area contributed by atoms with E-state index in [0.29, 0.717) is 10.6 Å². The maximum atomic E-state index is 12.4. The molecule has 0 aliphatic heterocycles. The molecule has 1 saturated carbocycles. The molecule has 6 heteroatoms. The summed E-state index contributed by atoms with van der Waals surface area (Å²) in [6, 6.07) is 6.15. The minimum atomic E-state index is -4.28. The summed E-state index contributed by atoms with van der Waals surface area (Å²) in [5.41, 5.74) is 0.348. The molecule has 1 aliphatic rings. The molecule has 1 aromatic rings. The second kappa shape index (κ2) is 5.51. The Kier molecular flexibility index (Phi) is 4.16. The number of hydrogen-bond acceptors (Lipinski definition) is 2. The van der Waals surface area contributed by atoms with Crippen LogP contribution in [0, 0.1) is 0 Å². The highest BCUT2D eigenvalue weighted by molar-refractivity contribution is 6.31. The third-order valence-corrected chi connectivity index (χ3v) is 3.17. The number of carbonyl (C=O) groups excluding carboxylic acids is 1. The van der Waals surface area contributed by atoms with E-state index in [1.165, 1.54) is 11.0 Å². The SMILES string of the molecule is O=C(CN(CC(F)(F)F)C1CC1)c1cccc(Cl)c1. The van der Waals surface area contributed by atoms with Gasteiger partial charge in [-0.1, -0.05) is 23.7 Å². The van der Waals surface area contributed by atoms with Crippen molar-refractivity contribution in [3.63, 3.8) is 0 Å². The van der Waals surface area contributed by atoms with Gasteiger partial charge in [0.2, 0.25) is 0 Å². The number of rotatable bonds is 5. The molecular weight excluding hydrogens is 279 g/mol. The molecule has 0 saturated heterocycles. The second-order valence-corrected chi connectivity index (χ2v) is 5.12. The van der Waals surface area contributed by atoms with Gasteiger partial charge in [0.25, 0.3) is 0 Å². The van der Waals surface area contributed by atoms with E-state index in [-0.39, 0.29) is 18.4 Å². The van der Waals surface area contributed by atoms with Crippen LogP contribution in [0.2, 0.25) is 5.02 Å². The Labute approximate surface area is 114 Å². The van der Waals surface area contributed by atoms with Crippen LogP contribution in [0.15, 0.2) is 24.3 Å². The van der Waals surface area contributed by atoms with Gasteiger partial charge < -0.3 is 0 Å². The van der Waals surface area contributed by atoms with Gasteiger partial charge in [0.15, 0.2) is 5.78 Å². The number of ketones is 1. The van der Waals surface area contributed by atoms with Crippen molar-refractivity contribution in [1.82, 2.24) is 4.90 Å². The summed E-state index contributed by atoms with van der Waals surface area (Å²) in [5, 5.41) is 0.402. The standard InChI is InChI=1S/C13H13ClF3NO/c14-10-3-1-2-9(6-10)12(19)7-18(11-4-5-11)8-13(15,16)17/h1-3,6,11H,4-5,7-8H2. The first kappa shape index (κ1) is 14.3. The molecule has 0 bridgehead atoms. The number of Topliss-reactive ketones (excluding diaryl/α,β-unsaturated/α-hetero) is 1. The van der Waals surface area contributed by atoms with Gasteiger partial charge in [-0.15, -0.1) is 0 Å². The molecule has 2 nitrogen and oxygen atoms in total. The van der Waals surface area contributed by atoms with Crippen molar-refractivity contribution in [1.29, 1.82) is 0 Å². The maximum absolute atomic E-state index is 12.4. The van der Waals surface area contributed by atoms with Crippen molar-refractivity contribution in [2.75, 3.05) is 13.1 Å². The van der Waals surface area contributed by atoms with Crippen LogP contribution in [-0.2, 0) is 0 Å². The zero-order valence-electron chi connectivity index (χ0n) is 10.1. The van der Waals surface area contributed by atoms with Crippen LogP contribution in [0.3, 0.4) is 0 Å². The van der Waals surface area contributed by atoms with Crippen LogP contribution in [0.25, 0.3) is 0 Å². The maximum Gasteiger partial charge on any atom is 0.401 e. The average molecular weight is 292 g/mol. The smallest absolute Gasteiger partial charge is 0.293 e. The van der Waals surface area contributed by atoms with Crippen LogP contribution in [-0.4, -0.2) is 36.0 Å². The molecule has 0 spiro atoms. The zero-order chi connectivity index (χ0) is 14.0. The first-order chi connectivity index (χ1) is 8.85. The lowest BCUT2D eigenvalue weighted by Crippen LogP contribution is -2.39. The molecule has 0 atom stereocenters. The van der Waals surface area contributed by atoms with E-state index in [4.69, 9.17) is 11.6 Å². The molecule has 1 aromatic carbocycles. The highest BCUT2D eigenvalue weighted by atomic mass is 35.5. The molecule has 1 aliphatic carbocycles. The van der Waals surface area contributed by atoms with E-state index >= 15 is 0 Å². The fraction of sp³-hybridized carbons (Fsp3) is 0.462. The summed E-state index contributed by atoms with van der Waals surface area (Å²) in [6.07, 6.45) is -2.84. The van der Waals surface area contributed by atoms with Crippen molar-refractivity contribution < 1.29 is 18.0 Å². The van der Waals surface area contributed by atoms with Crippen LogP contribution >= 0.6 is 11.6 Å². The Morgan fingerprint density at radius 2 is 2.05 bits per heavy atom. The predicted molar refractivity (Wildman–Crippen MR) is 66.4 cm³/mol. The first-order valence-corrected chi connectivity index (χ1v) is 6.32. The second-order valence-electron chi connectivity index (χ2n) is 4.68. The van der Waals surface area contributed by atoms with Crippen molar-refractivity contribution in [3.05, 3.63) is 34.9 Å². The summed E-state index contributed by atoms with van der Waals surface area (Å²) >= 11 is 5.76. The molecule has 0 aromatic heterocycles. The van der Waals surface area contributed by atoms with Gasteiger partial charge in [-0.2, -0.15) is 13.2 Å². The molecule has 2 rings (SSSR count). The van der Waals surface area contributed by atoms with Crippen LogP contribution < -0.4 is 0 Å². The number of carbonyl (C=O) groups is 1. The largest absolute Gasteiger partial charge is 0.401 e. The van der Waals surface area contributed by atoms with Gasteiger partial charge >= 0.3 is 6.18 Å². The Bertz CT molecular complexity index is 471. The van der Waals surface area contributed by atoms with E-state index in [2.05, 4.69) is 0 Å². The minimum Gasteiger partial charge on any atom is -0.293 e. The molecule has 19 heavy (non-hydrogen) atoms. The highest BCUT2D eigenvalue weighted by Gasteiger charge is 2.38. The fourth-order valence-electron chi connectivity index (χ4n) is 1.92. The Morgan fingerprint density at radius 1 is 1.37 bits per heavy atom. The molecule has 0 heterocycles. The van der Waals surface area contributed by atoms with Gasteiger partial charge in [-0.3, -0.25) is 9.69 Å². The van der Waals surface area contributed by atoms with Gasteiger partial charge in [0.05, 0.1) is 13.1 Å². The van der Waals surface area contributed by atoms with Crippen molar-refractivity contribution >= 4 is 17.4 Å². The topological polar surface area (TPSA) is 20.3 Å². The Balaban J connectivity index is 2.03. The lowest BCUT2D eigenvalue weighted by Gasteiger charge is -2.22. The summed E-state index contributed by atoms with van der Waals surface area (Å²) in [6.45, 7) is -1.26. The molecule has 1 fully saturated rings. The summed E-state index contributed by atoms with van der Waals surface area (Å²) in [7, 11) is 0. The van der Waals surface area contributed by atoms with Gasteiger partial charge in [0, 0.05) is 16.6 Å². The lowest BCUT2D eigenvalue weighted by molar-refractivity contribution is -0.145. The third-order valence-electron chi connectivity index (χ3n) is 2.94. The third kappa shape index (κ3) is 4.51. The molecular formula is C13H13ClF3NO. The monoisotopic (exact) mass is 291 g/mol. The van der Waals surface area contributed by atoms with E-state index in [9.17, 15) is 18.0 Å². The number of halogens is 4. The highest BCUT2D eigenvalue weighted by Crippen LogP contribution is 2.30. The zero-order valence-corrected chi connectivity index (χ0v) is 10.8. The fourth-order valence-corrected chi connectivity index (χ4v) is 2.11. The summed E-state index contributed by atoms with van der Waals surface area (Å²) in [5.74, 6) is -0.335. The van der Waals surface area contributed by atoms with Crippen LogP contribution in [0.4, 0.5) is 13.2 Å². The summed E-state index contributed by atoms with van der Waals surface area (Å²) < 4.78 is 37.3. The normalized spacial score (nSPS) is 15.8. The minimum absolute atomic E-state index is 0.121. The van der Waals surface area contributed by atoms with E-state index in [1.54, 1.807) is 18.2 Å². The molecule has 0 unspecified atom stereocenters. The van der Waals surface area contributed by atoms with Gasteiger partial charge in [0.1, 0.15) is 0 Å². The predicted octanol–water partition coefficient (Wildman–Crippen LogP) is 3.55. The van der Waals surface area contributed by atoms with E-state index in [0.717, 1.165) is 12.8 Å². The average Bonchev–Trinajstić information content (AvgIpc) is 3.10. The molecule has 0 radical (unpaired) electrons. The van der Waals surface area contributed by atoms with Gasteiger partial charge in [-0.05, 0) is 25.0 Å². The van der Waals surface area contributed by atoms with Crippen LogP contribution in [0.5, 0.6) is 0 Å². The van der Waals surface area contributed by atoms with Crippen LogP contribution in [0.1, 0.15) is 23.2 Å². The van der Waals surface area contributed by atoms with E-state index in [1.807, 2.05) is 0 Å². The summed E-state index contributed by atoms with van der Waals surface area (Å²) in [4.78, 5) is 13.2. The van der Waals surface area contributed by atoms with Crippen molar-refractivity contribution in [2.24, 2.45) is 0 Å². The quantitative estimate of drug-likeness (QED) is 0.773. The van der Waals surface area contributed by atoms with Crippen molar-refractivity contribution in [3.8, 4) is 0 Å². The van der Waals surface area contributed by atoms with Crippen molar-refractivity contribution in [2.45, 2.75) is 25.1 Å². The number of nitrogens with zero attached hydrogens (tertiary/aromatic N) is 1.